The van der Waals surface area contributed by atoms with E-state index >= 15 is 0 Å². The van der Waals surface area contributed by atoms with Crippen LogP contribution in [0.3, 0.4) is 0 Å². The Balaban J connectivity index is 1.69. The second-order valence-corrected chi connectivity index (χ2v) is 5.34. The Kier molecular flexibility index (Phi) is 2.81. The molecule has 2 heterocycles. The fourth-order valence-corrected chi connectivity index (χ4v) is 2.80. The van der Waals surface area contributed by atoms with Crippen LogP contribution in [0.15, 0.2) is 18.2 Å². The van der Waals surface area contributed by atoms with E-state index in [1.807, 2.05) is 0 Å². The Morgan fingerprint density at radius 3 is 2.88 bits per heavy atom. The van der Waals surface area contributed by atoms with Crippen LogP contribution in [-0.2, 0) is 18.0 Å². The van der Waals surface area contributed by atoms with Gasteiger partial charge in [-0.15, -0.1) is 0 Å². The molecule has 1 aromatic carbocycles. The van der Waals surface area contributed by atoms with Crippen molar-refractivity contribution in [1.29, 1.82) is 0 Å². The molecular weight excluding hydrogens is 212 g/mol. The molecule has 3 rings (SSSR count). The molecule has 3 nitrogen and oxygen atoms in total. The molecule has 92 valence electrons. The van der Waals surface area contributed by atoms with Crippen molar-refractivity contribution in [3.05, 3.63) is 29.3 Å². The summed E-state index contributed by atoms with van der Waals surface area (Å²) in [5, 5.41) is 3.63. The number of benzene rings is 1. The third kappa shape index (κ3) is 2.17. The molecule has 0 bridgehead atoms. The van der Waals surface area contributed by atoms with Gasteiger partial charge in [-0.1, -0.05) is 6.07 Å². The van der Waals surface area contributed by atoms with Gasteiger partial charge in [0.15, 0.2) is 0 Å². The van der Waals surface area contributed by atoms with Crippen LogP contribution in [0.2, 0.25) is 0 Å². The molecule has 1 saturated heterocycles. The van der Waals surface area contributed by atoms with Crippen LogP contribution in [0, 0.1) is 0 Å². The molecular formula is C14H20N2O. The zero-order valence-corrected chi connectivity index (χ0v) is 10.6. The highest BCUT2D eigenvalue weighted by Crippen LogP contribution is 2.25. The van der Waals surface area contributed by atoms with Crippen LogP contribution >= 0.6 is 0 Å². The SMILES string of the molecule is CC1CC(Nc2ccc3c(c2)COC3)CN1C. The van der Waals surface area contributed by atoms with E-state index in [1.165, 1.54) is 23.2 Å². The number of ether oxygens (including phenoxy) is 1. The number of nitrogens with zero attached hydrogens (tertiary/aromatic N) is 1. The Labute approximate surface area is 103 Å². The van der Waals surface area contributed by atoms with Gasteiger partial charge in [0.2, 0.25) is 0 Å². The number of likely N-dealkylation sites (N-methyl/N-ethyl adjacent to an activating group) is 1. The lowest BCUT2D eigenvalue weighted by molar-refractivity contribution is 0.134. The average molecular weight is 232 g/mol. The van der Waals surface area contributed by atoms with Crippen molar-refractivity contribution in [2.75, 3.05) is 18.9 Å². The summed E-state index contributed by atoms with van der Waals surface area (Å²) in [6.07, 6.45) is 1.23. The maximum Gasteiger partial charge on any atom is 0.0725 e. The monoisotopic (exact) mass is 232 g/mol. The maximum atomic E-state index is 5.44. The first-order valence-corrected chi connectivity index (χ1v) is 6.38. The third-order valence-corrected chi connectivity index (χ3v) is 3.98. The summed E-state index contributed by atoms with van der Waals surface area (Å²) in [4.78, 5) is 2.41. The van der Waals surface area contributed by atoms with Gasteiger partial charge in [0.1, 0.15) is 0 Å². The number of hydrogen-bond donors (Lipinski definition) is 1. The van der Waals surface area contributed by atoms with Gasteiger partial charge < -0.3 is 15.0 Å². The van der Waals surface area contributed by atoms with Crippen molar-refractivity contribution in [3.8, 4) is 0 Å². The van der Waals surface area contributed by atoms with Crippen LogP contribution in [0.4, 0.5) is 5.69 Å². The van der Waals surface area contributed by atoms with Gasteiger partial charge in [-0.05, 0) is 43.7 Å². The minimum Gasteiger partial charge on any atom is -0.381 e. The molecule has 0 aromatic heterocycles. The highest BCUT2D eigenvalue weighted by Gasteiger charge is 2.26. The second-order valence-electron chi connectivity index (χ2n) is 5.34. The number of hydrogen-bond acceptors (Lipinski definition) is 3. The fourth-order valence-electron chi connectivity index (χ4n) is 2.80. The Bertz CT molecular complexity index is 409. The topological polar surface area (TPSA) is 24.5 Å². The Morgan fingerprint density at radius 1 is 1.29 bits per heavy atom. The van der Waals surface area contributed by atoms with Gasteiger partial charge in [0.25, 0.3) is 0 Å². The maximum absolute atomic E-state index is 5.44. The standard InChI is InChI=1S/C14H20N2O/c1-10-5-14(7-16(10)2)15-13-4-3-11-8-17-9-12(11)6-13/h3-4,6,10,14-15H,5,7-9H2,1-2H3. The summed E-state index contributed by atoms with van der Waals surface area (Å²) in [5.74, 6) is 0. The third-order valence-electron chi connectivity index (χ3n) is 3.98. The van der Waals surface area contributed by atoms with Crippen LogP contribution in [-0.4, -0.2) is 30.6 Å². The van der Waals surface area contributed by atoms with E-state index in [4.69, 9.17) is 4.74 Å². The largest absolute Gasteiger partial charge is 0.381 e. The normalized spacial score (nSPS) is 28.4. The van der Waals surface area contributed by atoms with E-state index in [1.54, 1.807) is 0 Å². The fraction of sp³-hybridized carbons (Fsp3) is 0.571. The van der Waals surface area contributed by atoms with Crippen LogP contribution < -0.4 is 5.32 Å². The Hall–Kier alpha value is -1.06. The summed E-state index contributed by atoms with van der Waals surface area (Å²) < 4.78 is 5.44. The van der Waals surface area contributed by atoms with E-state index in [9.17, 15) is 0 Å². The molecule has 1 N–H and O–H groups in total. The van der Waals surface area contributed by atoms with E-state index in [0.717, 1.165) is 19.8 Å². The molecule has 3 heteroatoms. The van der Waals surface area contributed by atoms with Gasteiger partial charge in [-0.2, -0.15) is 0 Å². The van der Waals surface area contributed by atoms with Crippen molar-refractivity contribution >= 4 is 5.69 Å². The van der Waals surface area contributed by atoms with Gasteiger partial charge in [0.05, 0.1) is 13.2 Å². The number of likely N-dealkylation sites (tertiary alicyclic amines) is 1. The molecule has 1 aromatic rings. The van der Waals surface area contributed by atoms with Crippen molar-refractivity contribution in [1.82, 2.24) is 4.90 Å². The van der Waals surface area contributed by atoms with Gasteiger partial charge >= 0.3 is 0 Å². The van der Waals surface area contributed by atoms with Gasteiger partial charge in [-0.3, -0.25) is 0 Å². The molecule has 0 saturated carbocycles. The van der Waals surface area contributed by atoms with Crippen LogP contribution in [0.1, 0.15) is 24.5 Å². The number of anilines is 1. The molecule has 0 spiro atoms. The lowest BCUT2D eigenvalue weighted by Crippen LogP contribution is -2.24. The lowest BCUT2D eigenvalue weighted by Gasteiger charge is -2.15. The molecule has 0 aliphatic carbocycles. The quantitative estimate of drug-likeness (QED) is 0.846. The molecule has 2 aliphatic rings. The first-order chi connectivity index (χ1) is 8.22. The zero-order valence-electron chi connectivity index (χ0n) is 10.6. The summed E-state index contributed by atoms with van der Waals surface area (Å²) in [7, 11) is 2.20. The average Bonchev–Trinajstić information content (AvgIpc) is 2.86. The molecule has 2 atom stereocenters. The summed E-state index contributed by atoms with van der Waals surface area (Å²) >= 11 is 0. The number of nitrogens with one attached hydrogen (secondary N) is 1. The van der Waals surface area contributed by atoms with Crippen molar-refractivity contribution in [2.24, 2.45) is 0 Å². The minimum absolute atomic E-state index is 0.579. The summed E-state index contributed by atoms with van der Waals surface area (Å²) in [6, 6.07) is 7.87. The first-order valence-electron chi connectivity index (χ1n) is 6.38. The predicted molar refractivity (Wildman–Crippen MR) is 69.1 cm³/mol. The lowest BCUT2D eigenvalue weighted by atomic mass is 10.1. The second kappa shape index (κ2) is 4.31. The van der Waals surface area contributed by atoms with Gasteiger partial charge in [-0.25, -0.2) is 0 Å². The summed E-state index contributed by atoms with van der Waals surface area (Å²) in [6.45, 7) is 4.97. The molecule has 0 amide bonds. The molecule has 0 radical (unpaired) electrons. The molecule has 1 fully saturated rings. The number of rotatable bonds is 2. The van der Waals surface area contributed by atoms with E-state index in [-0.39, 0.29) is 0 Å². The summed E-state index contributed by atoms with van der Waals surface area (Å²) in [5.41, 5.74) is 3.92. The minimum atomic E-state index is 0.579. The van der Waals surface area contributed by atoms with E-state index in [0.29, 0.717) is 12.1 Å². The Morgan fingerprint density at radius 2 is 2.12 bits per heavy atom. The first kappa shape index (κ1) is 11.1. The van der Waals surface area contributed by atoms with Crippen LogP contribution in [0.5, 0.6) is 0 Å². The molecule has 2 unspecified atom stereocenters. The molecule has 2 aliphatic heterocycles. The zero-order chi connectivity index (χ0) is 11.8. The van der Waals surface area contributed by atoms with Crippen LogP contribution in [0.25, 0.3) is 0 Å². The van der Waals surface area contributed by atoms with E-state index < -0.39 is 0 Å². The highest BCUT2D eigenvalue weighted by atomic mass is 16.5. The van der Waals surface area contributed by atoms with Crippen molar-refractivity contribution in [2.45, 2.75) is 38.6 Å². The van der Waals surface area contributed by atoms with Crippen molar-refractivity contribution in [3.63, 3.8) is 0 Å². The van der Waals surface area contributed by atoms with Gasteiger partial charge in [0, 0.05) is 24.3 Å². The van der Waals surface area contributed by atoms with E-state index in [2.05, 4.69) is 42.4 Å². The smallest absolute Gasteiger partial charge is 0.0725 e. The number of fused-ring (bicyclic) bond motifs is 1. The molecule has 17 heavy (non-hydrogen) atoms. The van der Waals surface area contributed by atoms with Crippen molar-refractivity contribution < 1.29 is 4.74 Å². The highest BCUT2D eigenvalue weighted by molar-refractivity contribution is 5.50. The predicted octanol–water partition coefficient (Wildman–Crippen LogP) is 2.22.